The molecule has 0 spiro atoms. The monoisotopic (exact) mass is 424 g/mol. The Kier molecular flexibility index (Phi) is 5.92. The highest BCUT2D eigenvalue weighted by molar-refractivity contribution is 5.91. The Morgan fingerprint density at radius 2 is 1.90 bits per heavy atom. The molecule has 0 radical (unpaired) electrons. The van der Waals surface area contributed by atoms with Crippen molar-refractivity contribution in [1.29, 1.82) is 0 Å². The fourth-order valence-corrected chi connectivity index (χ4v) is 3.67. The number of nitrogens with zero attached hydrogens (tertiary/aromatic N) is 3. The molecule has 4 rings (SSSR count). The summed E-state index contributed by atoms with van der Waals surface area (Å²) in [5.41, 5.74) is 1.26. The minimum absolute atomic E-state index is 0.272. The Morgan fingerprint density at radius 3 is 2.68 bits per heavy atom. The first-order valence-electron chi connectivity index (χ1n) is 9.91. The van der Waals surface area contributed by atoms with Crippen LogP contribution in [-0.4, -0.2) is 48.9 Å². The predicted molar refractivity (Wildman–Crippen MR) is 114 cm³/mol. The molecular weight excluding hydrogens is 400 g/mol. The van der Waals surface area contributed by atoms with E-state index in [1.807, 2.05) is 24.3 Å². The van der Waals surface area contributed by atoms with Gasteiger partial charge in [0.05, 0.1) is 32.6 Å². The zero-order valence-electron chi connectivity index (χ0n) is 17.6. The zero-order valence-corrected chi connectivity index (χ0v) is 17.6. The molecule has 0 bridgehead atoms. The first-order chi connectivity index (χ1) is 15.1. The van der Waals surface area contributed by atoms with E-state index in [1.54, 1.807) is 44.4 Å². The number of likely N-dealkylation sites (tertiary alicyclic amines) is 1. The van der Waals surface area contributed by atoms with Gasteiger partial charge in [0.25, 0.3) is 0 Å². The number of methoxy groups -OCH3 is 3. The van der Waals surface area contributed by atoms with E-state index in [1.165, 1.54) is 0 Å². The van der Waals surface area contributed by atoms with E-state index in [2.05, 4.69) is 15.5 Å². The van der Waals surface area contributed by atoms with Gasteiger partial charge >= 0.3 is 6.03 Å². The molecule has 3 aromatic rings. The topological polar surface area (TPSA) is 99.0 Å². The third kappa shape index (κ3) is 4.11. The lowest BCUT2D eigenvalue weighted by Gasteiger charge is -2.23. The summed E-state index contributed by atoms with van der Waals surface area (Å²) in [6.45, 7) is 0.579. The molecule has 1 aliphatic heterocycles. The smallest absolute Gasteiger partial charge is 0.322 e. The summed E-state index contributed by atoms with van der Waals surface area (Å²) in [6, 6.07) is 12.1. The Hall–Kier alpha value is -3.75. The number of para-hydroxylation sites is 1. The maximum absolute atomic E-state index is 13.1. The van der Waals surface area contributed by atoms with E-state index in [-0.39, 0.29) is 12.1 Å². The Morgan fingerprint density at radius 1 is 1.10 bits per heavy atom. The molecule has 9 heteroatoms. The molecule has 0 saturated carbocycles. The van der Waals surface area contributed by atoms with Gasteiger partial charge in [0, 0.05) is 12.6 Å². The van der Waals surface area contributed by atoms with E-state index in [0.717, 1.165) is 18.4 Å². The normalized spacial score (nSPS) is 15.6. The first-order valence-corrected chi connectivity index (χ1v) is 9.91. The number of hydrogen-bond acceptors (Lipinski definition) is 7. The molecule has 2 heterocycles. The van der Waals surface area contributed by atoms with Crippen molar-refractivity contribution in [3.05, 3.63) is 48.4 Å². The molecule has 1 aliphatic rings. The fraction of sp³-hybridized carbons (Fsp3) is 0.318. The highest BCUT2D eigenvalue weighted by Gasteiger charge is 2.34. The lowest BCUT2D eigenvalue weighted by Crippen LogP contribution is -2.34. The van der Waals surface area contributed by atoms with Gasteiger partial charge in [-0.1, -0.05) is 17.3 Å². The standard InChI is InChI=1S/C22H24N4O5/c1-28-14-10-11-19(30-3)16(13-14)23-22(27)26-12-6-8-17(26)21-24-20(25-31-21)15-7-4-5-9-18(15)29-2/h4-5,7,9-11,13,17H,6,8,12H2,1-3H3,(H,23,27). The van der Waals surface area contributed by atoms with Crippen molar-refractivity contribution < 1.29 is 23.5 Å². The maximum Gasteiger partial charge on any atom is 0.322 e. The van der Waals surface area contributed by atoms with Gasteiger partial charge in [-0.05, 0) is 37.1 Å². The summed E-state index contributed by atoms with van der Waals surface area (Å²) in [7, 11) is 4.71. The molecule has 0 aliphatic carbocycles. The summed E-state index contributed by atoms with van der Waals surface area (Å²) in [6.07, 6.45) is 1.57. The number of ether oxygens (including phenoxy) is 3. The third-order valence-electron chi connectivity index (χ3n) is 5.24. The Balaban J connectivity index is 1.55. The van der Waals surface area contributed by atoms with Crippen LogP contribution in [0, 0.1) is 0 Å². The van der Waals surface area contributed by atoms with Crippen molar-refractivity contribution in [2.24, 2.45) is 0 Å². The number of rotatable bonds is 6. The van der Waals surface area contributed by atoms with Crippen LogP contribution in [0.4, 0.5) is 10.5 Å². The van der Waals surface area contributed by atoms with Crippen LogP contribution >= 0.6 is 0 Å². The number of hydrogen-bond donors (Lipinski definition) is 1. The number of nitrogens with one attached hydrogen (secondary N) is 1. The van der Waals surface area contributed by atoms with E-state index < -0.39 is 0 Å². The van der Waals surface area contributed by atoms with Crippen molar-refractivity contribution in [2.75, 3.05) is 33.2 Å². The van der Waals surface area contributed by atoms with Crippen LogP contribution < -0.4 is 19.5 Å². The van der Waals surface area contributed by atoms with E-state index in [0.29, 0.717) is 41.2 Å². The highest BCUT2D eigenvalue weighted by atomic mass is 16.5. The van der Waals surface area contributed by atoms with E-state index in [9.17, 15) is 4.79 Å². The predicted octanol–water partition coefficient (Wildman–Crippen LogP) is 4.13. The van der Waals surface area contributed by atoms with Crippen molar-refractivity contribution >= 4 is 11.7 Å². The van der Waals surface area contributed by atoms with Gasteiger partial charge in [0.2, 0.25) is 11.7 Å². The fourth-order valence-electron chi connectivity index (χ4n) is 3.67. The number of aromatic nitrogens is 2. The number of carbonyl (C=O) groups is 1. The van der Waals surface area contributed by atoms with Crippen LogP contribution in [0.1, 0.15) is 24.8 Å². The first kappa shape index (κ1) is 20.5. The average molecular weight is 424 g/mol. The quantitative estimate of drug-likeness (QED) is 0.635. The van der Waals surface area contributed by atoms with Gasteiger partial charge in [-0.2, -0.15) is 4.98 Å². The van der Waals surface area contributed by atoms with Gasteiger partial charge in [0.15, 0.2) is 0 Å². The molecule has 9 nitrogen and oxygen atoms in total. The van der Waals surface area contributed by atoms with Crippen molar-refractivity contribution in [2.45, 2.75) is 18.9 Å². The molecule has 1 saturated heterocycles. The van der Waals surface area contributed by atoms with Crippen molar-refractivity contribution in [3.8, 4) is 28.6 Å². The van der Waals surface area contributed by atoms with Crippen LogP contribution in [0.3, 0.4) is 0 Å². The summed E-state index contributed by atoms with van der Waals surface area (Å²) >= 11 is 0. The minimum Gasteiger partial charge on any atom is -0.497 e. The molecule has 1 atom stereocenters. The Bertz CT molecular complexity index is 1070. The van der Waals surface area contributed by atoms with Crippen LogP contribution in [-0.2, 0) is 0 Å². The van der Waals surface area contributed by atoms with Crippen LogP contribution in [0.15, 0.2) is 47.0 Å². The van der Waals surface area contributed by atoms with Crippen LogP contribution in [0.2, 0.25) is 0 Å². The second-order valence-corrected chi connectivity index (χ2v) is 7.00. The molecule has 1 N–H and O–H groups in total. The number of urea groups is 1. The minimum atomic E-state index is -0.312. The number of benzene rings is 2. The highest BCUT2D eigenvalue weighted by Crippen LogP contribution is 2.35. The third-order valence-corrected chi connectivity index (χ3v) is 5.24. The van der Waals surface area contributed by atoms with E-state index >= 15 is 0 Å². The SMILES string of the molecule is COc1ccc(OC)c(NC(=O)N2CCCC2c2nc(-c3ccccc3OC)no2)c1. The van der Waals surface area contributed by atoms with Crippen molar-refractivity contribution in [3.63, 3.8) is 0 Å². The number of anilines is 1. The summed E-state index contributed by atoms with van der Waals surface area (Å²) < 4.78 is 21.5. The van der Waals surface area contributed by atoms with Gasteiger partial charge in [0.1, 0.15) is 23.3 Å². The van der Waals surface area contributed by atoms with Crippen LogP contribution in [0.5, 0.6) is 17.2 Å². The summed E-state index contributed by atoms with van der Waals surface area (Å²) in [5.74, 6) is 2.63. The molecular formula is C22H24N4O5. The van der Waals surface area contributed by atoms with Crippen LogP contribution in [0.25, 0.3) is 11.4 Å². The molecule has 31 heavy (non-hydrogen) atoms. The molecule has 1 fully saturated rings. The van der Waals surface area contributed by atoms with Crippen molar-refractivity contribution in [1.82, 2.24) is 15.0 Å². The zero-order chi connectivity index (χ0) is 21.8. The van der Waals surface area contributed by atoms with E-state index in [4.69, 9.17) is 18.7 Å². The summed E-state index contributed by atoms with van der Waals surface area (Å²) in [4.78, 5) is 19.3. The van der Waals surface area contributed by atoms with Gasteiger partial charge in [-0.15, -0.1) is 0 Å². The van der Waals surface area contributed by atoms with Gasteiger partial charge < -0.3 is 29.0 Å². The number of carbonyl (C=O) groups excluding carboxylic acids is 1. The molecule has 1 aromatic heterocycles. The lowest BCUT2D eigenvalue weighted by atomic mass is 10.2. The largest absolute Gasteiger partial charge is 0.497 e. The molecule has 2 aromatic carbocycles. The summed E-state index contributed by atoms with van der Waals surface area (Å²) in [5, 5.41) is 7.01. The molecule has 1 unspecified atom stereocenters. The second kappa shape index (κ2) is 8.95. The maximum atomic E-state index is 13.1. The Labute approximate surface area is 179 Å². The molecule has 162 valence electrons. The van der Waals surface area contributed by atoms with Gasteiger partial charge in [-0.3, -0.25) is 0 Å². The number of amides is 2. The molecule has 2 amide bonds. The average Bonchev–Trinajstić information content (AvgIpc) is 3.48. The van der Waals surface area contributed by atoms with Gasteiger partial charge in [-0.25, -0.2) is 4.79 Å². The second-order valence-electron chi connectivity index (χ2n) is 7.00. The lowest BCUT2D eigenvalue weighted by molar-refractivity contribution is 0.193.